The minimum atomic E-state index is -3.24. The minimum Gasteiger partial charge on any atom is -0.338 e. The molecule has 0 unspecified atom stereocenters. The molecule has 1 aliphatic rings. The number of nitrogens with zero attached hydrogens (tertiary/aromatic N) is 3. The van der Waals surface area contributed by atoms with Crippen LogP contribution in [0, 0.1) is 0 Å². The van der Waals surface area contributed by atoms with Gasteiger partial charge in [0.2, 0.25) is 10.0 Å². The highest BCUT2D eigenvalue weighted by atomic mass is 32.2. The van der Waals surface area contributed by atoms with E-state index in [-0.39, 0.29) is 11.9 Å². The molecule has 1 aliphatic heterocycles. The molecule has 0 aliphatic carbocycles. The summed E-state index contributed by atoms with van der Waals surface area (Å²) < 4.78 is 25.1. The van der Waals surface area contributed by atoms with Crippen LogP contribution in [0.1, 0.15) is 22.5 Å². The molecule has 1 aromatic heterocycles. The monoisotopic (exact) mass is 455 g/mol. The second kappa shape index (κ2) is 8.90. The average Bonchev–Trinajstić information content (AvgIpc) is 3.24. The van der Waals surface area contributed by atoms with Crippen molar-refractivity contribution in [3.8, 4) is 21.8 Å². The Kier molecular flexibility index (Phi) is 6.22. The van der Waals surface area contributed by atoms with E-state index in [0.29, 0.717) is 36.5 Å². The first-order valence-corrected chi connectivity index (χ1v) is 12.8. The number of benzene rings is 2. The number of piperidine rings is 1. The highest BCUT2D eigenvalue weighted by molar-refractivity contribution is 7.88. The van der Waals surface area contributed by atoms with Gasteiger partial charge in [-0.2, -0.15) is 0 Å². The molecule has 6 nitrogen and oxygen atoms in total. The zero-order valence-corrected chi connectivity index (χ0v) is 19.2. The second-order valence-corrected chi connectivity index (χ2v) is 10.8. The Hall–Kier alpha value is -2.55. The normalized spacial score (nSPS) is 15.4. The van der Waals surface area contributed by atoms with Crippen LogP contribution < -0.4 is 0 Å². The van der Waals surface area contributed by atoms with Gasteiger partial charge in [0, 0.05) is 37.3 Å². The van der Waals surface area contributed by atoms with Crippen LogP contribution in [0.3, 0.4) is 0 Å². The standard InChI is InChI=1S/C23H25N3O3S2/c1-25(31(2,28)29)19-13-15-26(16-14-19)23(27)21-20(17-9-5-3-6-10-17)24-22(30-21)18-11-7-4-8-12-18/h3-12,19H,13-16H2,1-2H3. The van der Waals surface area contributed by atoms with Crippen LogP contribution in [0.15, 0.2) is 60.7 Å². The van der Waals surface area contributed by atoms with Gasteiger partial charge >= 0.3 is 0 Å². The second-order valence-electron chi connectivity index (χ2n) is 7.73. The van der Waals surface area contributed by atoms with Gasteiger partial charge in [0.15, 0.2) is 0 Å². The summed E-state index contributed by atoms with van der Waals surface area (Å²) in [5.41, 5.74) is 2.60. The van der Waals surface area contributed by atoms with Gasteiger partial charge < -0.3 is 4.90 Å². The van der Waals surface area contributed by atoms with Crippen molar-refractivity contribution < 1.29 is 13.2 Å². The summed E-state index contributed by atoms with van der Waals surface area (Å²) in [6.45, 7) is 1.05. The molecule has 0 radical (unpaired) electrons. The molecule has 2 aromatic carbocycles. The van der Waals surface area contributed by atoms with E-state index < -0.39 is 10.0 Å². The number of carbonyl (C=O) groups excluding carboxylic acids is 1. The van der Waals surface area contributed by atoms with Gasteiger partial charge in [0.25, 0.3) is 5.91 Å². The topological polar surface area (TPSA) is 70.6 Å². The van der Waals surface area contributed by atoms with Gasteiger partial charge in [0.05, 0.1) is 11.9 Å². The maximum atomic E-state index is 13.5. The van der Waals surface area contributed by atoms with Crippen molar-refractivity contribution in [1.29, 1.82) is 0 Å². The molecule has 4 rings (SSSR count). The molecule has 1 fully saturated rings. The molecule has 31 heavy (non-hydrogen) atoms. The molecule has 0 saturated carbocycles. The molecular formula is C23H25N3O3S2. The summed E-state index contributed by atoms with van der Waals surface area (Å²) in [5, 5.41) is 0.814. The van der Waals surface area contributed by atoms with Gasteiger partial charge in [-0.15, -0.1) is 11.3 Å². The fourth-order valence-electron chi connectivity index (χ4n) is 3.81. The first kappa shape index (κ1) is 21.7. The van der Waals surface area contributed by atoms with E-state index in [0.717, 1.165) is 16.1 Å². The van der Waals surface area contributed by atoms with Crippen molar-refractivity contribution >= 4 is 27.3 Å². The lowest BCUT2D eigenvalue weighted by Crippen LogP contribution is -2.46. The Morgan fingerprint density at radius 2 is 1.55 bits per heavy atom. The maximum absolute atomic E-state index is 13.5. The van der Waals surface area contributed by atoms with Gasteiger partial charge in [-0.05, 0) is 12.8 Å². The third kappa shape index (κ3) is 4.71. The Morgan fingerprint density at radius 3 is 2.10 bits per heavy atom. The van der Waals surface area contributed by atoms with E-state index >= 15 is 0 Å². The predicted octanol–water partition coefficient (Wildman–Crippen LogP) is 3.97. The number of thiazole rings is 1. The van der Waals surface area contributed by atoms with E-state index in [4.69, 9.17) is 4.98 Å². The molecule has 0 atom stereocenters. The van der Waals surface area contributed by atoms with Crippen molar-refractivity contribution in [1.82, 2.24) is 14.2 Å². The van der Waals surface area contributed by atoms with Crippen molar-refractivity contribution in [2.45, 2.75) is 18.9 Å². The number of hydrogen-bond acceptors (Lipinski definition) is 5. The summed E-state index contributed by atoms with van der Waals surface area (Å²) in [4.78, 5) is 20.7. The Balaban J connectivity index is 1.61. The van der Waals surface area contributed by atoms with E-state index in [1.807, 2.05) is 65.6 Å². The first-order chi connectivity index (χ1) is 14.8. The van der Waals surface area contributed by atoms with Crippen LogP contribution in [-0.2, 0) is 10.0 Å². The Labute approximate surface area is 187 Å². The van der Waals surface area contributed by atoms with Gasteiger partial charge in [-0.3, -0.25) is 4.79 Å². The lowest BCUT2D eigenvalue weighted by Gasteiger charge is -2.35. The molecule has 162 valence electrons. The summed E-state index contributed by atoms with van der Waals surface area (Å²) in [5.74, 6) is -0.0426. The first-order valence-electron chi connectivity index (χ1n) is 10.2. The molecule has 0 N–H and O–H groups in total. The highest BCUT2D eigenvalue weighted by Gasteiger charge is 2.31. The summed E-state index contributed by atoms with van der Waals surface area (Å²) in [7, 11) is -1.63. The molecule has 1 amide bonds. The van der Waals surface area contributed by atoms with E-state index in [1.54, 1.807) is 7.05 Å². The number of aromatic nitrogens is 1. The smallest absolute Gasteiger partial charge is 0.266 e. The lowest BCUT2D eigenvalue weighted by atomic mass is 10.0. The lowest BCUT2D eigenvalue weighted by molar-refractivity contribution is 0.0691. The maximum Gasteiger partial charge on any atom is 0.266 e. The van der Waals surface area contributed by atoms with Crippen LogP contribution >= 0.6 is 11.3 Å². The number of rotatable bonds is 5. The summed E-state index contributed by atoms with van der Waals surface area (Å²) in [6.07, 6.45) is 2.47. The fourth-order valence-corrected chi connectivity index (χ4v) is 5.62. The van der Waals surface area contributed by atoms with E-state index in [1.165, 1.54) is 21.9 Å². The third-order valence-corrected chi connectivity index (χ3v) is 8.12. The van der Waals surface area contributed by atoms with Gasteiger partial charge in [-0.25, -0.2) is 17.7 Å². The molecule has 3 aromatic rings. The molecule has 1 saturated heterocycles. The largest absolute Gasteiger partial charge is 0.338 e. The third-order valence-electron chi connectivity index (χ3n) is 5.68. The fraction of sp³-hybridized carbons (Fsp3) is 0.304. The number of likely N-dealkylation sites (tertiary alicyclic amines) is 1. The van der Waals surface area contributed by atoms with Crippen LogP contribution in [-0.4, -0.2) is 60.9 Å². The van der Waals surface area contributed by atoms with E-state index in [9.17, 15) is 13.2 Å². The van der Waals surface area contributed by atoms with Crippen LogP contribution in [0.2, 0.25) is 0 Å². The number of amides is 1. The quantitative estimate of drug-likeness (QED) is 0.584. The molecule has 0 spiro atoms. The Morgan fingerprint density at radius 1 is 1.00 bits per heavy atom. The van der Waals surface area contributed by atoms with Crippen LogP contribution in [0.4, 0.5) is 0 Å². The zero-order valence-electron chi connectivity index (χ0n) is 17.6. The predicted molar refractivity (Wildman–Crippen MR) is 125 cm³/mol. The van der Waals surface area contributed by atoms with Crippen LogP contribution in [0.25, 0.3) is 21.8 Å². The Bertz CT molecular complexity index is 1150. The molecule has 2 heterocycles. The van der Waals surface area contributed by atoms with E-state index in [2.05, 4.69) is 0 Å². The number of hydrogen-bond donors (Lipinski definition) is 0. The highest BCUT2D eigenvalue weighted by Crippen LogP contribution is 2.35. The summed E-state index contributed by atoms with van der Waals surface area (Å²) in [6, 6.07) is 19.6. The SMILES string of the molecule is CN(C1CCN(C(=O)c2sc(-c3ccccc3)nc2-c2ccccc2)CC1)S(C)(=O)=O. The number of sulfonamides is 1. The van der Waals surface area contributed by atoms with Crippen molar-refractivity contribution in [3.05, 3.63) is 65.5 Å². The molecule has 8 heteroatoms. The average molecular weight is 456 g/mol. The van der Waals surface area contributed by atoms with Crippen molar-refractivity contribution in [3.63, 3.8) is 0 Å². The zero-order chi connectivity index (χ0) is 22.0. The van der Waals surface area contributed by atoms with Crippen molar-refractivity contribution in [2.75, 3.05) is 26.4 Å². The molecular weight excluding hydrogens is 430 g/mol. The van der Waals surface area contributed by atoms with Gasteiger partial charge in [-0.1, -0.05) is 60.7 Å². The summed E-state index contributed by atoms with van der Waals surface area (Å²) >= 11 is 1.41. The van der Waals surface area contributed by atoms with Crippen LogP contribution in [0.5, 0.6) is 0 Å². The molecule has 0 bridgehead atoms. The minimum absolute atomic E-state index is 0.0426. The van der Waals surface area contributed by atoms with Crippen molar-refractivity contribution in [2.24, 2.45) is 0 Å². The number of carbonyl (C=O) groups is 1. The van der Waals surface area contributed by atoms with Gasteiger partial charge in [0.1, 0.15) is 9.88 Å².